The van der Waals surface area contributed by atoms with Gasteiger partial charge in [0.1, 0.15) is 5.00 Å². The molecule has 1 saturated heterocycles. The summed E-state index contributed by atoms with van der Waals surface area (Å²) in [5.74, 6) is -0.680. The molecule has 2 aromatic rings. The van der Waals surface area contributed by atoms with Crippen LogP contribution >= 0.6 is 22.9 Å². The fourth-order valence-electron chi connectivity index (χ4n) is 2.82. The van der Waals surface area contributed by atoms with Crippen LogP contribution in [0.2, 0.25) is 5.02 Å². The van der Waals surface area contributed by atoms with Gasteiger partial charge in [0.05, 0.1) is 22.8 Å². The van der Waals surface area contributed by atoms with Gasteiger partial charge in [-0.2, -0.15) is 0 Å². The Balaban J connectivity index is 1.52. The van der Waals surface area contributed by atoms with E-state index < -0.39 is 5.91 Å². The fraction of sp³-hybridized carbons (Fsp3) is 0.294. The van der Waals surface area contributed by atoms with Gasteiger partial charge < -0.3 is 16.0 Å². The van der Waals surface area contributed by atoms with Crippen LogP contribution in [0, 0.1) is 0 Å². The first-order valence-electron chi connectivity index (χ1n) is 7.93. The van der Waals surface area contributed by atoms with Crippen molar-refractivity contribution in [2.45, 2.75) is 0 Å². The minimum Gasteiger partial charge on any atom is -0.368 e. The second kappa shape index (κ2) is 7.86. The van der Waals surface area contributed by atoms with Crippen molar-refractivity contribution in [3.05, 3.63) is 46.3 Å². The summed E-state index contributed by atoms with van der Waals surface area (Å²) in [6.07, 6.45) is 0. The average molecular weight is 379 g/mol. The molecule has 2 heterocycles. The molecular formula is C17H19ClN4O2S. The van der Waals surface area contributed by atoms with Crippen LogP contribution in [0.4, 0.5) is 10.7 Å². The normalized spacial score (nSPS) is 15.2. The molecule has 0 aliphatic carbocycles. The third-order valence-electron chi connectivity index (χ3n) is 4.12. The molecule has 1 aromatic carbocycles. The van der Waals surface area contributed by atoms with Gasteiger partial charge in [0.2, 0.25) is 5.91 Å². The number of nitrogens with one attached hydrogen (secondary N) is 1. The van der Waals surface area contributed by atoms with Crippen LogP contribution < -0.4 is 16.0 Å². The van der Waals surface area contributed by atoms with Crippen molar-refractivity contribution >= 4 is 45.4 Å². The predicted molar refractivity (Wildman–Crippen MR) is 102 cm³/mol. The lowest BCUT2D eigenvalue weighted by Crippen LogP contribution is -2.48. The van der Waals surface area contributed by atoms with E-state index in [9.17, 15) is 9.59 Å². The first kappa shape index (κ1) is 17.7. The molecule has 0 bridgehead atoms. The SMILES string of the molecule is NC(=O)c1ccsc1NC(=O)CN1CCN(c2ccccc2Cl)CC1. The molecule has 0 atom stereocenters. The zero-order valence-corrected chi connectivity index (χ0v) is 15.1. The summed E-state index contributed by atoms with van der Waals surface area (Å²) < 4.78 is 0. The van der Waals surface area contributed by atoms with Crippen molar-refractivity contribution < 1.29 is 9.59 Å². The van der Waals surface area contributed by atoms with E-state index in [1.165, 1.54) is 11.3 Å². The van der Waals surface area contributed by atoms with Gasteiger partial charge >= 0.3 is 0 Å². The molecule has 25 heavy (non-hydrogen) atoms. The van der Waals surface area contributed by atoms with E-state index in [2.05, 4.69) is 15.1 Å². The molecule has 6 nitrogen and oxygen atoms in total. The monoisotopic (exact) mass is 378 g/mol. The van der Waals surface area contributed by atoms with Crippen molar-refractivity contribution in [1.82, 2.24) is 4.90 Å². The number of piperazine rings is 1. The number of rotatable bonds is 5. The highest BCUT2D eigenvalue weighted by molar-refractivity contribution is 7.14. The number of amides is 2. The summed E-state index contributed by atoms with van der Waals surface area (Å²) in [5.41, 5.74) is 6.67. The van der Waals surface area contributed by atoms with Crippen molar-refractivity contribution in [3.8, 4) is 0 Å². The highest BCUT2D eigenvalue weighted by Gasteiger charge is 2.21. The van der Waals surface area contributed by atoms with E-state index in [0.717, 1.165) is 36.9 Å². The van der Waals surface area contributed by atoms with E-state index in [-0.39, 0.29) is 12.5 Å². The zero-order valence-electron chi connectivity index (χ0n) is 13.6. The second-order valence-electron chi connectivity index (χ2n) is 5.79. The Morgan fingerprint density at radius 3 is 2.56 bits per heavy atom. The van der Waals surface area contributed by atoms with Crippen molar-refractivity contribution in [2.75, 3.05) is 42.9 Å². The number of para-hydroxylation sites is 1. The van der Waals surface area contributed by atoms with E-state index in [1.54, 1.807) is 11.4 Å². The van der Waals surface area contributed by atoms with Crippen molar-refractivity contribution in [2.24, 2.45) is 5.73 Å². The number of nitrogens with two attached hydrogens (primary N) is 1. The third-order valence-corrected chi connectivity index (χ3v) is 5.27. The number of primary amides is 1. The molecule has 1 fully saturated rings. The van der Waals surface area contributed by atoms with Gasteiger partial charge in [0, 0.05) is 26.2 Å². The topological polar surface area (TPSA) is 78.7 Å². The Kier molecular flexibility index (Phi) is 5.57. The van der Waals surface area contributed by atoms with Crippen LogP contribution in [0.25, 0.3) is 0 Å². The number of hydrogen-bond donors (Lipinski definition) is 2. The molecule has 132 valence electrons. The minimum atomic E-state index is -0.537. The molecule has 0 spiro atoms. The van der Waals surface area contributed by atoms with Crippen LogP contribution in [0.5, 0.6) is 0 Å². The molecule has 0 radical (unpaired) electrons. The fourth-order valence-corrected chi connectivity index (χ4v) is 3.89. The Hall–Kier alpha value is -2.09. The van der Waals surface area contributed by atoms with Crippen LogP contribution in [-0.4, -0.2) is 49.4 Å². The standard InChI is InChI=1S/C17H19ClN4O2S/c18-13-3-1-2-4-14(13)22-8-6-21(7-9-22)11-15(23)20-17-12(16(19)24)5-10-25-17/h1-5,10H,6-9,11H2,(H2,19,24)(H,20,23). The molecule has 3 N–H and O–H groups in total. The molecular weight excluding hydrogens is 360 g/mol. The summed E-state index contributed by atoms with van der Waals surface area (Å²) in [4.78, 5) is 27.8. The Bertz CT molecular complexity index is 772. The number of hydrogen-bond acceptors (Lipinski definition) is 5. The predicted octanol–water partition coefficient (Wildman–Crippen LogP) is 2.26. The van der Waals surface area contributed by atoms with Gasteiger partial charge in [-0.1, -0.05) is 23.7 Å². The quantitative estimate of drug-likeness (QED) is 0.836. The van der Waals surface area contributed by atoms with Crippen LogP contribution in [-0.2, 0) is 4.79 Å². The zero-order chi connectivity index (χ0) is 17.8. The smallest absolute Gasteiger partial charge is 0.251 e. The van der Waals surface area contributed by atoms with Gasteiger partial charge in [0.15, 0.2) is 0 Å². The number of nitrogens with zero attached hydrogens (tertiary/aromatic N) is 2. The van der Waals surface area contributed by atoms with E-state index in [0.29, 0.717) is 10.6 Å². The van der Waals surface area contributed by atoms with Gasteiger partial charge in [-0.05, 0) is 23.6 Å². The lowest BCUT2D eigenvalue weighted by molar-refractivity contribution is -0.117. The Morgan fingerprint density at radius 1 is 1.16 bits per heavy atom. The molecule has 8 heteroatoms. The number of carbonyl (C=O) groups excluding carboxylic acids is 2. The average Bonchev–Trinajstić information content (AvgIpc) is 3.04. The van der Waals surface area contributed by atoms with E-state index in [4.69, 9.17) is 17.3 Å². The minimum absolute atomic E-state index is 0.142. The molecule has 1 aromatic heterocycles. The van der Waals surface area contributed by atoms with Gasteiger partial charge in [0.25, 0.3) is 5.91 Å². The Morgan fingerprint density at radius 2 is 1.88 bits per heavy atom. The lowest BCUT2D eigenvalue weighted by Gasteiger charge is -2.36. The van der Waals surface area contributed by atoms with Crippen LogP contribution in [0.15, 0.2) is 35.7 Å². The maximum Gasteiger partial charge on any atom is 0.251 e. The number of halogens is 1. The van der Waals surface area contributed by atoms with E-state index >= 15 is 0 Å². The summed E-state index contributed by atoms with van der Waals surface area (Å²) in [6.45, 7) is 3.44. The number of benzene rings is 1. The molecule has 1 aliphatic heterocycles. The molecule has 3 rings (SSSR count). The Labute approximate surface area is 155 Å². The summed E-state index contributed by atoms with van der Waals surface area (Å²) in [7, 11) is 0. The highest BCUT2D eigenvalue weighted by atomic mass is 35.5. The maximum absolute atomic E-state index is 12.2. The summed E-state index contributed by atoms with van der Waals surface area (Å²) in [6, 6.07) is 9.39. The van der Waals surface area contributed by atoms with Gasteiger partial charge in [-0.3, -0.25) is 14.5 Å². The second-order valence-corrected chi connectivity index (χ2v) is 7.11. The number of carbonyl (C=O) groups is 2. The third kappa shape index (κ3) is 4.31. The van der Waals surface area contributed by atoms with Crippen molar-refractivity contribution in [1.29, 1.82) is 0 Å². The van der Waals surface area contributed by atoms with Crippen molar-refractivity contribution in [3.63, 3.8) is 0 Å². The first-order valence-corrected chi connectivity index (χ1v) is 9.19. The largest absolute Gasteiger partial charge is 0.368 e. The first-order chi connectivity index (χ1) is 12.0. The van der Waals surface area contributed by atoms with Crippen LogP contribution in [0.1, 0.15) is 10.4 Å². The maximum atomic E-state index is 12.2. The molecule has 1 aliphatic rings. The van der Waals surface area contributed by atoms with Gasteiger partial charge in [-0.15, -0.1) is 11.3 Å². The molecule has 0 unspecified atom stereocenters. The van der Waals surface area contributed by atoms with Crippen LogP contribution in [0.3, 0.4) is 0 Å². The van der Waals surface area contributed by atoms with E-state index in [1.807, 2.05) is 24.3 Å². The lowest BCUT2D eigenvalue weighted by atomic mass is 10.2. The summed E-state index contributed by atoms with van der Waals surface area (Å²) >= 11 is 7.54. The summed E-state index contributed by atoms with van der Waals surface area (Å²) in [5, 5.41) is 5.76. The number of thiophene rings is 1. The molecule has 0 saturated carbocycles. The van der Waals surface area contributed by atoms with Gasteiger partial charge in [-0.25, -0.2) is 0 Å². The molecule has 2 amide bonds. The highest BCUT2D eigenvalue weighted by Crippen LogP contribution is 2.26. The number of anilines is 2.